The van der Waals surface area contributed by atoms with Crippen molar-refractivity contribution in [3.8, 4) is 5.69 Å². The van der Waals surface area contributed by atoms with Gasteiger partial charge < -0.3 is 5.32 Å². The number of carbonyl (C=O) groups excluding carboxylic acids is 1. The first-order valence-corrected chi connectivity index (χ1v) is 9.16. The number of nitrogens with zero attached hydrogens (tertiary/aromatic N) is 2. The summed E-state index contributed by atoms with van der Waals surface area (Å²) in [5, 5.41) is 7.24. The largest absolute Gasteiger partial charge is 0.391 e. The molecule has 1 aromatic carbocycles. The third kappa shape index (κ3) is 4.51. The van der Waals surface area contributed by atoms with Crippen molar-refractivity contribution in [2.45, 2.75) is 52.6 Å². The maximum Gasteiger partial charge on any atom is 0.391 e. The smallest absolute Gasteiger partial charge is 0.310 e. The van der Waals surface area contributed by atoms with Gasteiger partial charge in [-0.15, -0.1) is 0 Å². The van der Waals surface area contributed by atoms with Crippen LogP contribution in [0.15, 0.2) is 24.3 Å². The minimum absolute atomic E-state index is 0.104. The average Bonchev–Trinajstić information content (AvgIpc) is 2.93. The second-order valence-electron chi connectivity index (χ2n) is 7.52. The van der Waals surface area contributed by atoms with E-state index < -0.39 is 18.0 Å². The quantitative estimate of drug-likeness (QED) is 0.806. The van der Waals surface area contributed by atoms with Gasteiger partial charge in [-0.05, 0) is 63.3 Å². The Kier molecular flexibility index (Phi) is 5.31. The van der Waals surface area contributed by atoms with Gasteiger partial charge in [0.05, 0.1) is 17.3 Å². The number of amides is 1. The van der Waals surface area contributed by atoms with E-state index >= 15 is 0 Å². The summed E-state index contributed by atoms with van der Waals surface area (Å²) >= 11 is 0. The topological polar surface area (TPSA) is 46.9 Å². The van der Waals surface area contributed by atoms with Crippen molar-refractivity contribution in [3.05, 3.63) is 41.1 Å². The van der Waals surface area contributed by atoms with Crippen LogP contribution in [0.5, 0.6) is 0 Å². The maximum absolute atomic E-state index is 13.0. The molecule has 2 aromatic rings. The van der Waals surface area contributed by atoms with Crippen molar-refractivity contribution in [3.63, 3.8) is 0 Å². The van der Waals surface area contributed by atoms with Gasteiger partial charge >= 0.3 is 6.18 Å². The van der Waals surface area contributed by atoms with Crippen molar-refractivity contribution < 1.29 is 18.0 Å². The average molecular weight is 379 g/mol. The van der Waals surface area contributed by atoms with Crippen LogP contribution in [-0.4, -0.2) is 21.9 Å². The number of anilines is 1. The number of alkyl halides is 3. The van der Waals surface area contributed by atoms with E-state index in [2.05, 4.69) is 10.4 Å². The highest BCUT2D eigenvalue weighted by Gasteiger charge is 2.43. The molecule has 0 spiro atoms. The van der Waals surface area contributed by atoms with Crippen LogP contribution in [0.3, 0.4) is 0 Å². The number of halogens is 3. The number of carbonyl (C=O) groups is 1. The number of hydrogen-bond acceptors (Lipinski definition) is 2. The summed E-state index contributed by atoms with van der Waals surface area (Å²) in [5.74, 6) is -1.91. The Balaban J connectivity index is 1.81. The molecule has 1 aliphatic carbocycles. The molecule has 2 atom stereocenters. The van der Waals surface area contributed by atoms with E-state index in [4.69, 9.17) is 0 Å². The Morgan fingerprint density at radius 2 is 1.78 bits per heavy atom. The third-order valence-corrected chi connectivity index (χ3v) is 5.04. The normalized spacial score (nSPS) is 20.5. The van der Waals surface area contributed by atoms with E-state index in [1.165, 1.54) is 0 Å². The van der Waals surface area contributed by atoms with Gasteiger partial charge in [0.25, 0.3) is 0 Å². The Bertz CT molecular complexity index is 821. The van der Waals surface area contributed by atoms with Crippen LogP contribution in [0.2, 0.25) is 0 Å². The van der Waals surface area contributed by atoms with Gasteiger partial charge in [-0.2, -0.15) is 18.3 Å². The Labute approximate surface area is 156 Å². The van der Waals surface area contributed by atoms with E-state index in [1.54, 1.807) is 10.7 Å². The molecule has 7 heteroatoms. The molecule has 1 heterocycles. The standard InChI is InChI=1S/C20H24F3N3O/c1-12-7-13(2)9-17(8-12)26-18(10-14(3)25-26)24-19(27)15-5-4-6-16(11-15)20(21,22)23/h7-10,15-16H,4-6,11H2,1-3H3,(H,24,27). The minimum atomic E-state index is -4.24. The van der Waals surface area contributed by atoms with E-state index in [0.29, 0.717) is 18.7 Å². The van der Waals surface area contributed by atoms with E-state index in [0.717, 1.165) is 22.5 Å². The first kappa shape index (κ1) is 19.5. The number of hydrogen-bond donors (Lipinski definition) is 1. The fraction of sp³-hybridized carbons (Fsp3) is 0.500. The fourth-order valence-electron chi connectivity index (χ4n) is 3.81. The van der Waals surface area contributed by atoms with Gasteiger partial charge in [-0.1, -0.05) is 12.5 Å². The lowest BCUT2D eigenvalue weighted by Crippen LogP contribution is -2.34. The number of aryl methyl sites for hydroxylation is 3. The van der Waals surface area contributed by atoms with Crippen LogP contribution in [-0.2, 0) is 4.79 Å². The van der Waals surface area contributed by atoms with Crippen LogP contribution >= 0.6 is 0 Å². The molecule has 1 saturated carbocycles. The highest BCUT2D eigenvalue weighted by molar-refractivity contribution is 5.92. The van der Waals surface area contributed by atoms with E-state index in [9.17, 15) is 18.0 Å². The molecule has 3 rings (SSSR count). The fourth-order valence-corrected chi connectivity index (χ4v) is 3.81. The Morgan fingerprint density at radius 1 is 1.11 bits per heavy atom. The predicted octanol–water partition coefficient (Wildman–Crippen LogP) is 5.10. The molecular formula is C20H24F3N3O. The lowest BCUT2D eigenvalue weighted by Gasteiger charge is -2.29. The zero-order chi connectivity index (χ0) is 19.8. The molecule has 4 nitrogen and oxygen atoms in total. The number of rotatable bonds is 3. The lowest BCUT2D eigenvalue weighted by atomic mass is 9.80. The number of aromatic nitrogens is 2. The van der Waals surface area contributed by atoms with Gasteiger partial charge in [-0.3, -0.25) is 4.79 Å². The molecule has 27 heavy (non-hydrogen) atoms. The molecule has 1 fully saturated rings. The molecule has 2 unspecified atom stereocenters. The highest BCUT2D eigenvalue weighted by Crippen LogP contribution is 2.40. The lowest BCUT2D eigenvalue weighted by molar-refractivity contribution is -0.185. The molecule has 0 aliphatic heterocycles. The van der Waals surface area contributed by atoms with E-state index in [-0.39, 0.29) is 18.7 Å². The molecule has 146 valence electrons. The maximum atomic E-state index is 13.0. The highest BCUT2D eigenvalue weighted by atomic mass is 19.4. The van der Waals surface area contributed by atoms with Crippen molar-refractivity contribution in [1.82, 2.24) is 9.78 Å². The van der Waals surface area contributed by atoms with Crippen molar-refractivity contribution in [2.75, 3.05) is 5.32 Å². The van der Waals surface area contributed by atoms with Crippen LogP contribution in [0.1, 0.15) is 42.5 Å². The summed E-state index contributed by atoms with van der Waals surface area (Å²) in [6.07, 6.45) is -3.39. The van der Waals surface area contributed by atoms with E-state index in [1.807, 2.05) is 39.0 Å². The molecule has 1 amide bonds. The van der Waals surface area contributed by atoms with Crippen molar-refractivity contribution in [1.29, 1.82) is 0 Å². The molecule has 0 radical (unpaired) electrons. The van der Waals surface area contributed by atoms with Crippen LogP contribution in [0.4, 0.5) is 19.0 Å². The SMILES string of the molecule is Cc1cc(C)cc(-n2nc(C)cc2NC(=O)C2CCCC(C(F)(F)F)C2)c1. The van der Waals surface area contributed by atoms with Crippen LogP contribution in [0.25, 0.3) is 5.69 Å². The van der Waals surface area contributed by atoms with Gasteiger partial charge in [0, 0.05) is 12.0 Å². The Morgan fingerprint density at radius 3 is 2.41 bits per heavy atom. The number of nitrogens with one attached hydrogen (secondary N) is 1. The summed E-state index contributed by atoms with van der Waals surface area (Å²) in [4.78, 5) is 12.6. The van der Waals surface area contributed by atoms with Crippen molar-refractivity contribution >= 4 is 11.7 Å². The molecule has 1 aliphatic rings. The second-order valence-corrected chi connectivity index (χ2v) is 7.52. The van der Waals surface area contributed by atoms with Gasteiger partial charge in [0.2, 0.25) is 5.91 Å². The third-order valence-electron chi connectivity index (χ3n) is 5.04. The minimum Gasteiger partial charge on any atom is -0.310 e. The monoisotopic (exact) mass is 379 g/mol. The summed E-state index contributed by atoms with van der Waals surface area (Å²) in [5.41, 5.74) is 3.67. The summed E-state index contributed by atoms with van der Waals surface area (Å²) in [6.45, 7) is 5.77. The first-order chi connectivity index (χ1) is 12.6. The summed E-state index contributed by atoms with van der Waals surface area (Å²) < 4.78 is 40.7. The van der Waals surface area contributed by atoms with Crippen LogP contribution < -0.4 is 5.32 Å². The molecule has 1 aromatic heterocycles. The zero-order valence-electron chi connectivity index (χ0n) is 15.7. The summed E-state index contributed by atoms with van der Waals surface area (Å²) in [7, 11) is 0. The first-order valence-electron chi connectivity index (χ1n) is 9.16. The predicted molar refractivity (Wildman–Crippen MR) is 97.9 cm³/mol. The number of benzene rings is 1. The molecular weight excluding hydrogens is 355 g/mol. The van der Waals surface area contributed by atoms with Gasteiger partial charge in [0.15, 0.2) is 0 Å². The summed E-state index contributed by atoms with van der Waals surface area (Å²) in [6, 6.07) is 7.68. The molecule has 0 bridgehead atoms. The Hall–Kier alpha value is -2.31. The molecule has 1 N–H and O–H groups in total. The van der Waals surface area contributed by atoms with Gasteiger partial charge in [-0.25, -0.2) is 4.68 Å². The van der Waals surface area contributed by atoms with Crippen molar-refractivity contribution in [2.24, 2.45) is 11.8 Å². The van der Waals surface area contributed by atoms with Gasteiger partial charge in [0.1, 0.15) is 5.82 Å². The second kappa shape index (κ2) is 7.37. The molecule has 0 saturated heterocycles. The zero-order valence-corrected chi connectivity index (χ0v) is 15.7. The van der Waals surface area contributed by atoms with Crippen LogP contribution in [0, 0.1) is 32.6 Å².